The van der Waals surface area contributed by atoms with Gasteiger partial charge in [-0.1, -0.05) is 0 Å². The molecule has 0 aromatic heterocycles. The summed E-state index contributed by atoms with van der Waals surface area (Å²) in [5.41, 5.74) is 0.169. The molecule has 0 aromatic rings. The Labute approximate surface area is 80.6 Å². The molecule has 0 spiro atoms. The fraction of sp³-hybridized carbons (Fsp3) is 1.00. The molecule has 0 unspecified atom stereocenters. The number of aliphatic hydroxyl groups is 1. The van der Waals surface area contributed by atoms with Gasteiger partial charge in [-0.05, 0) is 40.5 Å². The maximum atomic E-state index is 9.54. The van der Waals surface area contributed by atoms with Crippen molar-refractivity contribution in [2.24, 2.45) is 0 Å². The Hall–Kier alpha value is -0.160. The summed E-state index contributed by atoms with van der Waals surface area (Å²) in [5.74, 6) is 0. The highest BCUT2D eigenvalue weighted by Gasteiger charge is 2.36. The quantitative estimate of drug-likeness (QED) is 0.524. The number of hydrogen-bond acceptors (Lipinski definition) is 3. The highest BCUT2D eigenvalue weighted by molar-refractivity contribution is 4.96. The average Bonchev–Trinajstić information content (AvgIpc) is 1.49. The number of aliphatic hydroxyl groups excluding tert-OH is 1. The summed E-state index contributed by atoms with van der Waals surface area (Å²) in [5, 5.41) is 13.0. The van der Waals surface area contributed by atoms with Crippen molar-refractivity contribution < 1.29 is 10.6 Å². The van der Waals surface area contributed by atoms with Crippen molar-refractivity contribution in [2.75, 3.05) is 0 Å². The van der Waals surface area contributed by atoms with Crippen LogP contribution in [-0.2, 0) is 0 Å². The summed E-state index contributed by atoms with van der Waals surface area (Å²) in [6.45, 7) is 8.54. The van der Waals surface area contributed by atoms with Crippen LogP contribution in [0.1, 0.15) is 40.5 Å². The number of nitrogens with one attached hydrogen (secondary N) is 1. The number of piperidine rings is 1. The van der Waals surface area contributed by atoms with Crippen LogP contribution >= 0.6 is 0 Å². The molecule has 13 heavy (non-hydrogen) atoms. The smallest absolute Gasteiger partial charge is 0.0575 e. The van der Waals surface area contributed by atoms with Crippen LogP contribution in [0.25, 0.3) is 0 Å². The first-order valence-corrected chi connectivity index (χ1v) is 4.28. The van der Waals surface area contributed by atoms with Crippen molar-refractivity contribution >= 4 is 0 Å². The first-order chi connectivity index (χ1) is 4.81. The minimum Gasteiger partial charge on any atom is -0.412 e. The Morgan fingerprint density at radius 3 is 1.62 bits per heavy atom. The monoisotopic (exact) mass is 192 g/mol. The van der Waals surface area contributed by atoms with Gasteiger partial charge in [-0.15, -0.1) is 0 Å². The van der Waals surface area contributed by atoms with Gasteiger partial charge in [-0.25, -0.2) is 0 Å². The van der Waals surface area contributed by atoms with Crippen LogP contribution in [0, 0.1) is 0 Å². The summed E-state index contributed by atoms with van der Waals surface area (Å²) in [6, 6.07) is 0. The summed E-state index contributed by atoms with van der Waals surface area (Å²) >= 11 is 0. The molecule has 82 valence electrons. The second-order valence-electron chi connectivity index (χ2n) is 4.95. The summed E-state index contributed by atoms with van der Waals surface area (Å²) < 4.78 is 0. The van der Waals surface area contributed by atoms with E-state index in [1.807, 2.05) is 0 Å². The molecule has 0 aliphatic carbocycles. The van der Waals surface area contributed by atoms with Crippen LogP contribution in [0.5, 0.6) is 0 Å². The second-order valence-corrected chi connectivity index (χ2v) is 4.95. The maximum absolute atomic E-state index is 9.54. The first kappa shape index (κ1) is 15.3. The molecule has 1 aliphatic heterocycles. The van der Waals surface area contributed by atoms with Gasteiger partial charge in [0.2, 0.25) is 0 Å². The topological polar surface area (TPSA) is 98.8 Å². The Balaban J connectivity index is 0. The van der Waals surface area contributed by atoms with E-state index >= 15 is 0 Å². The van der Waals surface area contributed by atoms with Crippen molar-refractivity contribution in [2.45, 2.75) is 57.7 Å². The summed E-state index contributed by atoms with van der Waals surface area (Å²) in [7, 11) is 0. The van der Waals surface area contributed by atoms with Gasteiger partial charge in [-0.2, -0.15) is 0 Å². The SMILES string of the molecule is CC1(C)CC(O)CC(C)(C)N1.N.O. The zero-order valence-electron chi connectivity index (χ0n) is 9.15. The van der Waals surface area contributed by atoms with E-state index in [1.54, 1.807) is 0 Å². The normalized spacial score (nSPS) is 25.6. The van der Waals surface area contributed by atoms with Crippen LogP contribution in [0.4, 0.5) is 0 Å². The minimum atomic E-state index is -0.138. The average molecular weight is 192 g/mol. The molecule has 1 aliphatic rings. The Kier molecular flexibility index (Phi) is 5.15. The Bertz CT molecular complexity index is 142. The van der Waals surface area contributed by atoms with Crippen LogP contribution in [0.2, 0.25) is 0 Å². The van der Waals surface area contributed by atoms with Crippen LogP contribution in [0.3, 0.4) is 0 Å². The summed E-state index contributed by atoms with van der Waals surface area (Å²) in [4.78, 5) is 0. The van der Waals surface area contributed by atoms with Crippen LogP contribution in [-0.4, -0.2) is 27.8 Å². The summed E-state index contributed by atoms with van der Waals surface area (Å²) in [6.07, 6.45) is 1.58. The van der Waals surface area contributed by atoms with Crippen molar-refractivity contribution in [3.05, 3.63) is 0 Å². The van der Waals surface area contributed by atoms with Gasteiger partial charge < -0.3 is 22.1 Å². The molecule has 1 rings (SSSR count). The molecule has 0 amide bonds. The lowest BCUT2D eigenvalue weighted by atomic mass is 9.81. The van der Waals surface area contributed by atoms with Crippen molar-refractivity contribution in [1.29, 1.82) is 0 Å². The third-order valence-electron chi connectivity index (χ3n) is 2.17. The van der Waals surface area contributed by atoms with E-state index in [-0.39, 0.29) is 28.8 Å². The molecule has 7 N–H and O–H groups in total. The zero-order chi connectivity index (χ0) is 8.70. The molecule has 0 aromatic carbocycles. The van der Waals surface area contributed by atoms with Gasteiger partial charge in [0, 0.05) is 11.1 Å². The molecule has 0 radical (unpaired) electrons. The molecular formula is C9H24N2O2. The molecule has 0 bridgehead atoms. The van der Waals surface area contributed by atoms with Gasteiger partial charge in [-0.3, -0.25) is 0 Å². The predicted molar refractivity (Wildman–Crippen MR) is 55.2 cm³/mol. The largest absolute Gasteiger partial charge is 0.412 e. The van der Waals surface area contributed by atoms with Gasteiger partial charge in [0.1, 0.15) is 0 Å². The lowest BCUT2D eigenvalue weighted by Gasteiger charge is -2.44. The third-order valence-corrected chi connectivity index (χ3v) is 2.17. The van der Waals surface area contributed by atoms with Crippen molar-refractivity contribution in [3.63, 3.8) is 0 Å². The second kappa shape index (κ2) is 4.37. The lowest BCUT2D eigenvalue weighted by molar-refractivity contribution is 0.0396. The third kappa shape index (κ3) is 4.57. The first-order valence-electron chi connectivity index (χ1n) is 4.28. The molecule has 1 fully saturated rings. The van der Waals surface area contributed by atoms with Gasteiger partial charge in [0.25, 0.3) is 0 Å². The Morgan fingerprint density at radius 1 is 1.08 bits per heavy atom. The minimum absolute atomic E-state index is 0. The van der Waals surface area contributed by atoms with E-state index in [4.69, 9.17) is 0 Å². The lowest BCUT2D eigenvalue weighted by Crippen LogP contribution is -2.59. The fourth-order valence-corrected chi connectivity index (χ4v) is 2.27. The predicted octanol–water partition coefficient (Wildman–Crippen LogP) is 0.625. The fourth-order valence-electron chi connectivity index (χ4n) is 2.27. The number of rotatable bonds is 0. The van der Waals surface area contributed by atoms with E-state index in [0.29, 0.717) is 0 Å². The van der Waals surface area contributed by atoms with E-state index in [0.717, 1.165) is 12.8 Å². The highest BCUT2D eigenvalue weighted by atomic mass is 16.3. The van der Waals surface area contributed by atoms with Crippen molar-refractivity contribution in [3.8, 4) is 0 Å². The van der Waals surface area contributed by atoms with E-state index in [9.17, 15) is 5.11 Å². The molecule has 1 saturated heterocycles. The van der Waals surface area contributed by atoms with Crippen molar-refractivity contribution in [1.82, 2.24) is 11.5 Å². The molecule has 4 heteroatoms. The highest BCUT2D eigenvalue weighted by Crippen LogP contribution is 2.27. The molecular weight excluding hydrogens is 168 g/mol. The van der Waals surface area contributed by atoms with Crippen LogP contribution < -0.4 is 11.5 Å². The Morgan fingerprint density at radius 2 is 1.38 bits per heavy atom. The van der Waals surface area contributed by atoms with E-state index in [2.05, 4.69) is 33.0 Å². The maximum Gasteiger partial charge on any atom is 0.0575 e. The molecule has 4 nitrogen and oxygen atoms in total. The molecule has 0 atom stereocenters. The van der Waals surface area contributed by atoms with Crippen LogP contribution in [0.15, 0.2) is 0 Å². The van der Waals surface area contributed by atoms with Gasteiger partial charge >= 0.3 is 0 Å². The van der Waals surface area contributed by atoms with Gasteiger partial charge in [0.05, 0.1) is 6.10 Å². The van der Waals surface area contributed by atoms with Gasteiger partial charge in [0.15, 0.2) is 0 Å². The molecule has 1 heterocycles. The number of hydrogen-bond donors (Lipinski definition) is 3. The molecule has 0 saturated carbocycles. The van der Waals surface area contributed by atoms with E-state index < -0.39 is 0 Å². The van der Waals surface area contributed by atoms with E-state index in [1.165, 1.54) is 0 Å². The zero-order valence-corrected chi connectivity index (χ0v) is 9.15. The standard InChI is InChI=1S/C9H19NO.H3N.H2O/c1-8(2)5-7(11)6-9(3,4)10-8;;/h7,10-11H,5-6H2,1-4H3;1H3;1H2.